The van der Waals surface area contributed by atoms with Crippen molar-refractivity contribution < 1.29 is 13.9 Å². The van der Waals surface area contributed by atoms with Gasteiger partial charge >= 0.3 is 0 Å². The molecule has 3 aromatic rings. The van der Waals surface area contributed by atoms with E-state index in [1.165, 1.54) is 44.4 Å². The van der Waals surface area contributed by atoms with Crippen molar-refractivity contribution in [3.8, 4) is 11.5 Å². The van der Waals surface area contributed by atoms with Crippen LogP contribution in [0.4, 0.5) is 6.01 Å². The molecule has 1 amide bonds. The molecule has 0 aliphatic heterocycles. The molecule has 0 spiro atoms. The Hall–Kier alpha value is -3.13. The summed E-state index contributed by atoms with van der Waals surface area (Å²) in [5, 5.41) is 3.32. The van der Waals surface area contributed by atoms with Crippen molar-refractivity contribution in [2.24, 2.45) is 11.8 Å². The molecule has 8 heteroatoms. The van der Waals surface area contributed by atoms with E-state index in [0.29, 0.717) is 29.0 Å². The van der Waals surface area contributed by atoms with Gasteiger partial charge in [-0.2, -0.15) is 4.98 Å². The Morgan fingerprint density at radius 1 is 1.18 bits per heavy atom. The van der Waals surface area contributed by atoms with Crippen molar-refractivity contribution in [2.75, 3.05) is 11.9 Å². The van der Waals surface area contributed by atoms with Crippen LogP contribution < -0.4 is 21.3 Å². The summed E-state index contributed by atoms with van der Waals surface area (Å²) in [5.41, 5.74) is 3.62. The lowest BCUT2D eigenvalue weighted by Gasteiger charge is -2.21. The number of carbonyl (C=O) groups excluding carboxylic acids is 1. The first kappa shape index (κ1) is 18.2. The Morgan fingerprint density at radius 2 is 2.00 bits per heavy atom. The fourth-order valence-corrected chi connectivity index (χ4v) is 3.48. The number of nitrogens with one attached hydrogen (secondary N) is 2. The van der Waals surface area contributed by atoms with Gasteiger partial charge in [0.05, 0.1) is 0 Å². The van der Waals surface area contributed by atoms with Crippen LogP contribution >= 0.6 is 0 Å². The molecule has 0 saturated heterocycles. The van der Waals surface area contributed by atoms with Gasteiger partial charge in [-0.1, -0.05) is 19.3 Å². The first-order valence-corrected chi connectivity index (χ1v) is 9.50. The Kier molecular flexibility index (Phi) is 5.38. The highest BCUT2D eigenvalue weighted by Crippen LogP contribution is 2.28. The second kappa shape index (κ2) is 8.26. The normalized spacial score (nSPS) is 14.8. The van der Waals surface area contributed by atoms with Gasteiger partial charge in [0.15, 0.2) is 5.58 Å². The standard InChI is InChI=1S/C20H23N5O3/c21-25-19(26)17-10-15(8-9-22-17)27-14-6-7-16-18(11-14)28-20(24-16)23-12-13-4-2-1-3-5-13/h6-11,13H,1-5,12,21H2,(H,23,24)(H,25,26). The molecule has 146 valence electrons. The summed E-state index contributed by atoms with van der Waals surface area (Å²) in [6.45, 7) is 0.888. The minimum Gasteiger partial charge on any atom is -0.457 e. The Labute approximate surface area is 162 Å². The third kappa shape index (κ3) is 4.23. The summed E-state index contributed by atoms with van der Waals surface area (Å²) in [6.07, 6.45) is 7.98. The molecule has 1 saturated carbocycles. The van der Waals surface area contributed by atoms with Crippen molar-refractivity contribution in [3.63, 3.8) is 0 Å². The minimum absolute atomic E-state index is 0.176. The van der Waals surface area contributed by atoms with Crippen LogP contribution in [0, 0.1) is 5.92 Å². The predicted octanol–water partition coefficient (Wildman–Crippen LogP) is 3.61. The van der Waals surface area contributed by atoms with E-state index in [1.54, 1.807) is 18.2 Å². The summed E-state index contributed by atoms with van der Waals surface area (Å²) in [7, 11) is 0. The molecule has 0 atom stereocenters. The van der Waals surface area contributed by atoms with Crippen LogP contribution in [0.5, 0.6) is 11.5 Å². The number of hydrogen-bond donors (Lipinski definition) is 3. The number of anilines is 1. The Bertz CT molecular complexity index is 965. The largest absolute Gasteiger partial charge is 0.457 e. The zero-order chi connectivity index (χ0) is 19.3. The summed E-state index contributed by atoms with van der Waals surface area (Å²) in [4.78, 5) is 20.0. The predicted molar refractivity (Wildman–Crippen MR) is 105 cm³/mol. The smallest absolute Gasteiger partial charge is 0.295 e. The summed E-state index contributed by atoms with van der Waals surface area (Å²) in [6, 6.07) is 9.13. The first-order chi connectivity index (χ1) is 13.7. The monoisotopic (exact) mass is 381 g/mol. The van der Waals surface area contributed by atoms with Gasteiger partial charge in [-0.3, -0.25) is 15.2 Å². The van der Waals surface area contributed by atoms with Crippen LogP contribution in [0.3, 0.4) is 0 Å². The average molecular weight is 381 g/mol. The number of benzene rings is 1. The van der Waals surface area contributed by atoms with Gasteiger partial charge in [0.2, 0.25) is 0 Å². The van der Waals surface area contributed by atoms with Gasteiger partial charge in [-0.15, -0.1) is 0 Å². The van der Waals surface area contributed by atoms with Gasteiger partial charge in [-0.05, 0) is 37.0 Å². The molecule has 0 unspecified atom stereocenters. The molecule has 1 aliphatic rings. The second-order valence-electron chi connectivity index (χ2n) is 6.99. The number of ether oxygens (including phenoxy) is 1. The highest BCUT2D eigenvalue weighted by molar-refractivity contribution is 5.92. The average Bonchev–Trinajstić information content (AvgIpc) is 3.15. The van der Waals surface area contributed by atoms with Crippen LogP contribution in [-0.4, -0.2) is 22.4 Å². The number of nitrogens with zero attached hydrogens (tertiary/aromatic N) is 2. The lowest BCUT2D eigenvalue weighted by atomic mass is 9.89. The van der Waals surface area contributed by atoms with Crippen LogP contribution in [0.15, 0.2) is 40.9 Å². The first-order valence-electron chi connectivity index (χ1n) is 9.50. The number of carbonyl (C=O) groups is 1. The SMILES string of the molecule is NNC(=O)c1cc(Oc2ccc3nc(NCC4CCCCC4)oc3c2)ccn1. The molecule has 1 aliphatic carbocycles. The molecule has 1 fully saturated rings. The number of hydrogen-bond acceptors (Lipinski definition) is 7. The van der Waals surface area contributed by atoms with Crippen molar-refractivity contribution in [1.82, 2.24) is 15.4 Å². The van der Waals surface area contributed by atoms with E-state index in [0.717, 1.165) is 12.1 Å². The summed E-state index contributed by atoms with van der Waals surface area (Å²) in [5.74, 6) is 6.40. The van der Waals surface area contributed by atoms with Crippen molar-refractivity contribution in [3.05, 3.63) is 42.2 Å². The van der Waals surface area contributed by atoms with Crippen LogP contribution in [-0.2, 0) is 0 Å². The molecule has 4 N–H and O–H groups in total. The fraction of sp³-hybridized carbons (Fsp3) is 0.350. The number of rotatable bonds is 6. The minimum atomic E-state index is -0.482. The third-order valence-electron chi connectivity index (χ3n) is 4.96. The molecule has 2 heterocycles. The van der Waals surface area contributed by atoms with E-state index < -0.39 is 5.91 Å². The molecular weight excluding hydrogens is 358 g/mol. The number of amides is 1. The molecule has 8 nitrogen and oxygen atoms in total. The maximum atomic E-state index is 11.6. The zero-order valence-corrected chi connectivity index (χ0v) is 15.5. The lowest BCUT2D eigenvalue weighted by molar-refractivity contribution is 0.0948. The van der Waals surface area contributed by atoms with E-state index in [-0.39, 0.29) is 5.69 Å². The number of nitrogens with two attached hydrogens (primary N) is 1. The molecule has 1 aromatic carbocycles. The highest BCUT2D eigenvalue weighted by Gasteiger charge is 2.15. The molecule has 2 aromatic heterocycles. The van der Waals surface area contributed by atoms with Crippen LogP contribution in [0.2, 0.25) is 0 Å². The van der Waals surface area contributed by atoms with Gasteiger partial charge < -0.3 is 14.5 Å². The topological polar surface area (TPSA) is 115 Å². The third-order valence-corrected chi connectivity index (χ3v) is 4.96. The van der Waals surface area contributed by atoms with Gasteiger partial charge in [0.1, 0.15) is 22.7 Å². The molecule has 28 heavy (non-hydrogen) atoms. The summed E-state index contributed by atoms with van der Waals surface area (Å²) >= 11 is 0. The van der Waals surface area contributed by atoms with Gasteiger partial charge in [-0.25, -0.2) is 5.84 Å². The van der Waals surface area contributed by atoms with Gasteiger partial charge in [0, 0.05) is 24.9 Å². The maximum Gasteiger partial charge on any atom is 0.295 e. The van der Waals surface area contributed by atoms with E-state index >= 15 is 0 Å². The maximum absolute atomic E-state index is 11.6. The van der Waals surface area contributed by atoms with Gasteiger partial charge in [0.25, 0.3) is 11.9 Å². The summed E-state index contributed by atoms with van der Waals surface area (Å²) < 4.78 is 11.6. The van der Waals surface area contributed by atoms with E-state index in [2.05, 4.69) is 15.3 Å². The Morgan fingerprint density at radius 3 is 2.82 bits per heavy atom. The number of hydrazine groups is 1. The van der Waals surface area contributed by atoms with Crippen LogP contribution in [0.1, 0.15) is 42.6 Å². The number of nitrogen functional groups attached to an aromatic ring is 1. The van der Waals surface area contributed by atoms with E-state index in [1.807, 2.05) is 11.5 Å². The molecule has 4 rings (SSSR count). The second-order valence-corrected chi connectivity index (χ2v) is 6.99. The highest BCUT2D eigenvalue weighted by atomic mass is 16.5. The molecule has 0 bridgehead atoms. The quantitative estimate of drug-likeness (QED) is 0.339. The van der Waals surface area contributed by atoms with Crippen LogP contribution in [0.25, 0.3) is 11.1 Å². The van der Waals surface area contributed by atoms with Crippen molar-refractivity contribution in [2.45, 2.75) is 32.1 Å². The van der Waals surface area contributed by atoms with E-state index in [4.69, 9.17) is 15.0 Å². The Balaban J connectivity index is 1.45. The van der Waals surface area contributed by atoms with Crippen molar-refractivity contribution in [1.29, 1.82) is 0 Å². The molecule has 0 radical (unpaired) electrons. The zero-order valence-electron chi connectivity index (χ0n) is 15.5. The lowest BCUT2D eigenvalue weighted by Crippen LogP contribution is -2.30. The molecular formula is C20H23N5O3. The number of pyridine rings is 1. The van der Waals surface area contributed by atoms with E-state index in [9.17, 15) is 4.79 Å². The fourth-order valence-electron chi connectivity index (χ4n) is 3.48. The number of oxazole rings is 1. The number of fused-ring (bicyclic) bond motifs is 1. The number of aromatic nitrogens is 2. The van der Waals surface area contributed by atoms with Crippen molar-refractivity contribution >= 4 is 23.0 Å².